The molecule has 0 spiro atoms. The number of hydrogen-bond acceptors (Lipinski definition) is 5. The molecule has 0 aliphatic carbocycles. The van der Waals surface area contributed by atoms with E-state index in [4.69, 9.17) is 4.74 Å². The maximum absolute atomic E-state index is 13.1. The second-order valence-electron chi connectivity index (χ2n) is 10.5. The van der Waals surface area contributed by atoms with E-state index in [1.165, 1.54) is 24.3 Å². The lowest BCUT2D eigenvalue weighted by Gasteiger charge is -2.19. The number of carbonyl (C=O) groups excluding carboxylic acids is 3. The van der Waals surface area contributed by atoms with Gasteiger partial charge in [0.1, 0.15) is 17.1 Å². The lowest BCUT2D eigenvalue weighted by Crippen LogP contribution is -2.28. The monoisotopic (exact) mass is 590 g/mol. The summed E-state index contributed by atoms with van der Waals surface area (Å²) in [4.78, 5) is 41.8. The van der Waals surface area contributed by atoms with E-state index in [1.807, 2.05) is 0 Å². The minimum Gasteiger partial charge on any atom is -0.444 e. The first-order valence-corrected chi connectivity index (χ1v) is 13.2. The summed E-state index contributed by atoms with van der Waals surface area (Å²) in [5.74, 6) is -0.713. The highest BCUT2D eigenvalue weighted by Gasteiger charge is 2.30. The van der Waals surface area contributed by atoms with Gasteiger partial charge in [-0.25, -0.2) is 9.78 Å². The number of amides is 3. The molecule has 0 aliphatic rings. The van der Waals surface area contributed by atoms with E-state index in [0.29, 0.717) is 22.4 Å². The Bertz CT molecular complexity index is 1610. The van der Waals surface area contributed by atoms with Gasteiger partial charge in [-0.2, -0.15) is 13.2 Å². The van der Waals surface area contributed by atoms with E-state index >= 15 is 0 Å². The van der Waals surface area contributed by atoms with Crippen LogP contribution in [0.25, 0.3) is 11.1 Å². The maximum Gasteiger partial charge on any atom is 0.416 e. The summed E-state index contributed by atoms with van der Waals surface area (Å²) in [6.45, 7) is 5.37. The highest BCUT2D eigenvalue weighted by Crippen LogP contribution is 2.32. The first kappa shape index (κ1) is 30.8. The molecule has 0 aliphatic heterocycles. The van der Waals surface area contributed by atoms with E-state index < -0.39 is 35.2 Å². The third-order valence-electron chi connectivity index (χ3n) is 5.97. The fourth-order valence-electron chi connectivity index (χ4n) is 3.99. The minimum absolute atomic E-state index is 0.101. The van der Waals surface area contributed by atoms with Crippen LogP contribution in [0.3, 0.4) is 0 Å². The molecule has 0 saturated carbocycles. The van der Waals surface area contributed by atoms with Crippen molar-refractivity contribution in [2.45, 2.75) is 39.1 Å². The molecular weight excluding hydrogens is 561 g/mol. The molecule has 11 heteroatoms. The summed E-state index contributed by atoms with van der Waals surface area (Å²) in [6.07, 6.45) is -5.14. The predicted molar refractivity (Wildman–Crippen MR) is 157 cm³/mol. The minimum atomic E-state index is -4.45. The summed E-state index contributed by atoms with van der Waals surface area (Å²) in [7, 11) is 0. The first-order chi connectivity index (χ1) is 20.3. The Morgan fingerprint density at radius 1 is 0.767 bits per heavy atom. The molecule has 0 saturated heterocycles. The van der Waals surface area contributed by atoms with Crippen LogP contribution in [0.15, 0.2) is 91.0 Å². The van der Waals surface area contributed by atoms with Gasteiger partial charge in [0.05, 0.1) is 5.56 Å². The van der Waals surface area contributed by atoms with Crippen molar-refractivity contribution >= 4 is 29.4 Å². The zero-order chi connectivity index (χ0) is 31.2. The lowest BCUT2D eigenvalue weighted by molar-refractivity contribution is -0.137. The molecule has 4 aromatic rings. The topological polar surface area (TPSA) is 109 Å². The summed E-state index contributed by atoms with van der Waals surface area (Å²) >= 11 is 0. The number of pyridine rings is 1. The zero-order valence-electron chi connectivity index (χ0n) is 23.6. The molecule has 0 radical (unpaired) electrons. The average molecular weight is 591 g/mol. The summed E-state index contributed by atoms with van der Waals surface area (Å²) in [6, 6.07) is 22.7. The van der Waals surface area contributed by atoms with Crippen molar-refractivity contribution in [1.29, 1.82) is 0 Å². The molecule has 1 aromatic heterocycles. The molecule has 3 aromatic carbocycles. The quantitative estimate of drug-likeness (QED) is 0.209. The van der Waals surface area contributed by atoms with Crippen molar-refractivity contribution < 1.29 is 32.3 Å². The van der Waals surface area contributed by atoms with Crippen molar-refractivity contribution in [3.05, 3.63) is 113 Å². The van der Waals surface area contributed by atoms with Gasteiger partial charge in [0.2, 0.25) is 0 Å². The van der Waals surface area contributed by atoms with E-state index in [0.717, 1.165) is 17.7 Å². The van der Waals surface area contributed by atoms with Crippen molar-refractivity contribution in [1.82, 2.24) is 10.3 Å². The van der Waals surface area contributed by atoms with Gasteiger partial charge in [0.15, 0.2) is 0 Å². The van der Waals surface area contributed by atoms with Crippen molar-refractivity contribution in [3.63, 3.8) is 0 Å². The van der Waals surface area contributed by atoms with Crippen molar-refractivity contribution in [2.24, 2.45) is 0 Å². The van der Waals surface area contributed by atoms with Crippen LogP contribution < -0.4 is 16.0 Å². The molecule has 3 N–H and O–H groups in total. The van der Waals surface area contributed by atoms with Gasteiger partial charge in [-0.05, 0) is 79.9 Å². The predicted octanol–water partition coefficient (Wildman–Crippen LogP) is 7.30. The Kier molecular flexibility index (Phi) is 9.13. The Balaban J connectivity index is 1.36. The van der Waals surface area contributed by atoms with E-state index in [2.05, 4.69) is 20.9 Å². The highest BCUT2D eigenvalue weighted by molar-refractivity contribution is 6.08. The number of hydrogen-bond donors (Lipinski definition) is 3. The number of ether oxygens (including phenoxy) is 1. The van der Waals surface area contributed by atoms with E-state index in [-0.39, 0.29) is 18.1 Å². The zero-order valence-corrected chi connectivity index (χ0v) is 23.6. The third-order valence-corrected chi connectivity index (χ3v) is 5.97. The van der Waals surface area contributed by atoms with Crippen LogP contribution in [0.5, 0.6) is 0 Å². The van der Waals surface area contributed by atoms with Crippen LogP contribution in [0, 0.1) is 0 Å². The number of alkyl halides is 3. The number of rotatable bonds is 7. The van der Waals surface area contributed by atoms with Crippen LogP contribution >= 0.6 is 0 Å². The Hall–Kier alpha value is -5.19. The molecule has 1 heterocycles. The van der Waals surface area contributed by atoms with Crippen LogP contribution in [0.2, 0.25) is 0 Å². The molecule has 43 heavy (non-hydrogen) atoms. The van der Waals surface area contributed by atoms with Gasteiger partial charge >= 0.3 is 12.3 Å². The lowest BCUT2D eigenvalue weighted by atomic mass is 9.98. The molecule has 0 bridgehead atoms. The highest BCUT2D eigenvalue weighted by atomic mass is 19.4. The average Bonchev–Trinajstić information content (AvgIpc) is 2.95. The van der Waals surface area contributed by atoms with Crippen LogP contribution in [0.1, 0.15) is 52.7 Å². The smallest absolute Gasteiger partial charge is 0.416 e. The summed E-state index contributed by atoms with van der Waals surface area (Å²) < 4.78 is 44.1. The number of aromatic nitrogens is 1. The fraction of sp³-hybridized carbons (Fsp3) is 0.188. The van der Waals surface area contributed by atoms with Crippen molar-refractivity contribution in [3.8, 4) is 11.1 Å². The molecule has 0 atom stereocenters. The van der Waals surface area contributed by atoms with Crippen LogP contribution in [0.4, 0.5) is 29.5 Å². The van der Waals surface area contributed by atoms with Gasteiger partial charge in [-0.3, -0.25) is 14.9 Å². The second-order valence-corrected chi connectivity index (χ2v) is 10.5. The largest absolute Gasteiger partial charge is 0.444 e. The molecule has 0 unspecified atom stereocenters. The van der Waals surface area contributed by atoms with Gasteiger partial charge in [-0.15, -0.1) is 0 Å². The molecular formula is C32H29F3N4O4. The molecule has 222 valence electrons. The number of nitrogens with one attached hydrogen (secondary N) is 3. The van der Waals surface area contributed by atoms with Gasteiger partial charge in [0, 0.05) is 17.8 Å². The van der Waals surface area contributed by atoms with Gasteiger partial charge in [-0.1, -0.05) is 48.5 Å². The van der Waals surface area contributed by atoms with Crippen LogP contribution in [-0.4, -0.2) is 28.5 Å². The molecule has 0 fully saturated rings. The van der Waals surface area contributed by atoms with E-state index in [1.54, 1.807) is 75.4 Å². The third kappa shape index (κ3) is 8.65. The standard InChI is InChI=1S/C32H29F3N4O4/c1-31(2,3)43-30(42)39-27-10-6-9-26(38-27)29(41)36-19-20-11-17-23(18-12-20)37-28(40)25-8-5-4-7-24(25)21-13-15-22(16-14-21)32(33,34)35/h4-18H,19H2,1-3H3,(H,36,41)(H,37,40)(H,38,39,42). The molecule has 3 amide bonds. The number of halogens is 3. The summed E-state index contributed by atoms with van der Waals surface area (Å²) in [5.41, 5.74) is 1.16. The SMILES string of the molecule is CC(C)(C)OC(=O)Nc1cccc(C(=O)NCc2ccc(NC(=O)c3ccccc3-c3ccc(C(F)(F)F)cc3)cc2)n1. The Labute approximate surface area is 246 Å². The number of anilines is 2. The maximum atomic E-state index is 13.1. The van der Waals surface area contributed by atoms with Crippen molar-refractivity contribution in [2.75, 3.05) is 10.6 Å². The Morgan fingerprint density at radius 3 is 2.09 bits per heavy atom. The van der Waals surface area contributed by atoms with Gasteiger partial charge in [0.25, 0.3) is 11.8 Å². The number of carbonyl (C=O) groups is 3. The Morgan fingerprint density at radius 2 is 1.44 bits per heavy atom. The first-order valence-electron chi connectivity index (χ1n) is 13.2. The van der Waals surface area contributed by atoms with E-state index in [9.17, 15) is 27.6 Å². The normalized spacial score (nSPS) is 11.4. The fourth-order valence-corrected chi connectivity index (χ4v) is 3.99. The molecule has 8 nitrogen and oxygen atoms in total. The summed E-state index contributed by atoms with van der Waals surface area (Å²) in [5, 5.41) is 8.05. The number of nitrogens with zero attached hydrogens (tertiary/aromatic N) is 1. The van der Waals surface area contributed by atoms with Gasteiger partial charge < -0.3 is 15.4 Å². The molecule has 4 rings (SSSR count). The second kappa shape index (κ2) is 12.8. The number of benzene rings is 3. The van der Waals surface area contributed by atoms with Crippen LogP contribution in [-0.2, 0) is 17.5 Å².